The zero-order valence-corrected chi connectivity index (χ0v) is 14.7. The third-order valence-electron chi connectivity index (χ3n) is 4.47. The number of aromatic nitrogens is 2. The molecule has 1 aliphatic heterocycles. The highest BCUT2D eigenvalue weighted by Gasteiger charge is 2.33. The van der Waals surface area contributed by atoms with Gasteiger partial charge in [0.1, 0.15) is 0 Å². The quantitative estimate of drug-likeness (QED) is 0.424. The lowest BCUT2D eigenvalue weighted by Crippen LogP contribution is -2.41. The van der Waals surface area contributed by atoms with Gasteiger partial charge in [0, 0.05) is 29.0 Å². The van der Waals surface area contributed by atoms with Crippen molar-refractivity contribution < 1.29 is 18.8 Å². The number of hydrogen-bond donors (Lipinski definition) is 2. The number of H-pyrrole nitrogens is 1. The van der Waals surface area contributed by atoms with Gasteiger partial charge in [-0.25, -0.2) is 4.79 Å². The van der Waals surface area contributed by atoms with Crippen molar-refractivity contribution in [2.75, 3.05) is 5.32 Å². The Bertz CT molecular complexity index is 1180. The third kappa shape index (κ3) is 2.79. The predicted molar refractivity (Wildman–Crippen MR) is 97.7 cm³/mol. The minimum absolute atomic E-state index is 0.201. The van der Waals surface area contributed by atoms with Crippen molar-refractivity contribution in [3.8, 4) is 5.69 Å². The number of carbonyl (C=O) groups is 2. The number of ketones is 1. The zero-order chi connectivity index (χ0) is 19.1. The Morgan fingerprint density at radius 3 is 2.70 bits per heavy atom. The van der Waals surface area contributed by atoms with Gasteiger partial charge in [-0.3, -0.25) is 14.1 Å². The van der Waals surface area contributed by atoms with E-state index in [1.54, 1.807) is 24.3 Å². The standard InChI is InChI=1S/C20H15N3O4/c1-11-7-8-12(2)16(9-11)23-18(20(26)27-22-23)17(24)10-14-13-5-3-4-6-15(13)21-19(14)25/h3-10H,1-2H3,(H-,21,22,24,25,26)/p+1. The normalized spacial score (nSPS) is 14.3. The van der Waals surface area contributed by atoms with Crippen molar-refractivity contribution >= 4 is 23.0 Å². The number of nitrogens with zero attached hydrogens (tertiary/aromatic N) is 1. The minimum Gasteiger partial charge on any atom is -0.321 e. The summed E-state index contributed by atoms with van der Waals surface area (Å²) in [6.45, 7) is 3.77. The first-order chi connectivity index (χ1) is 13.0. The molecule has 0 spiro atoms. The van der Waals surface area contributed by atoms with Gasteiger partial charge in [0.05, 0.1) is 5.57 Å². The van der Waals surface area contributed by atoms with Crippen molar-refractivity contribution in [2.45, 2.75) is 13.8 Å². The van der Waals surface area contributed by atoms with E-state index in [1.807, 2.05) is 32.0 Å². The molecule has 2 N–H and O–H groups in total. The van der Waals surface area contributed by atoms with Crippen molar-refractivity contribution in [1.29, 1.82) is 0 Å². The molecule has 1 aromatic heterocycles. The number of carbonyl (C=O) groups excluding carboxylic acids is 2. The number of aromatic amines is 1. The molecule has 3 aromatic rings. The molecule has 0 bridgehead atoms. The topological polar surface area (TPSA) is 96.1 Å². The van der Waals surface area contributed by atoms with E-state index in [2.05, 4.69) is 10.6 Å². The van der Waals surface area contributed by atoms with Crippen molar-refractivity contribution in [3.63, 3.8) is 0 Å². The molecule has 0 saturated carbocycles. The molecule has 2 aromatic carbocycles. The van der Waals surface area contributed by atoms with Gasteiger partial charge in [-0.1, -0.05) is 30.3 Å². The maximum atomic E-state index is 12.9. The lowest BCUT2D eigenvalue weighted by molar-refractivity contribution is -0.672. The monoisotopic (exact) mass is 362 g/mol. The molecule has 0 atom stereocenters. The molecule has 1 amide bonds. The number of hydrogen-bond acceptors (Lipinski definition) is 4. The Morgan fingerprint density at radius 2 is 1.89 bits per heavy atom. The second kappa shape index (κ2) is 6.21. The fourth-order valence-corrected chi connectivity index (χ4v) is 3.09. The molecule has 7 heteroatoms. The van der Waals surface area contributed by atoms with E-state index in [0.29, 0.717) is 16.9 Å². The summed E-state index contributed by atoms with van der Waals surface area (Å²) < 4.78 is 6.17. The molecule has 0 aliphatic carbocycles. The smallest absolute Gasteiger partial charge is 0.321 e. The van der Waals surface area contributed by atoms with Crippen molar-refractivity contribution in [2.24, 2.45) is 0 Å². The summed E-state index contributed by atoms with van der Waals surface area (Å²) in [5.41, 5.74) is 2.90. The highest BCUT2D eigenvalue weighted by Crippen LogP contribution is 2.31. The van der Waals surface area contributed by atoms with Gasteiger partial charge in [-0.15, -0.1) is 0 Å². The number of aryl methyl sites for hydroxylation is 2. The Labute approximate surface area is 153 Å². The van der Waals surface area contributed by atoms with Gasteiger partial charge in [-0.2, -0.15) is 0 Å². The van der Waals surface area contributed by atoms with E-state index in [0.717, 1.165) is 11.1 Å². The van der Waals surface area contributed by atoms with Crippen LogP contribution in [0.5, 0.6) is 0 Å². The highest BCUT2D eigenvalue weighted by molar-refractivity contribution is 6.34. The van der Waals surface area contributed by atoms with Gasteiger partial charge < -0.3 is 5.32 Å². The van der Waals surface area contributed by atoms with Crippen molar-refractivity contribution in [3.05, 3.63) is 81.3 Å². The van der Waals surface area contributed by atoms with Crippen LogP contribution in [-0.2, 0) is 4.79 Å². The minimum atomic E-state index is -0.801. The van der Waals surface area contributed by atoms with Crippen LogP contribution < -0.4 is 15.6 Å². The SMILES string of the molecule is Cc1ccc(C)c(-[n+]2[nH]oc(=O)c2C(=O)/C=C2/C(=O)Nc3ccccc32)c1. The Morgan fingerprint density at radius 1 is 1.11 bits per heavy atom. The van der Waals surface area contributed by atoms with Gasteiger partial charge in [0.2, 0.25) is 5.69 Å². The van der Waals surface area contributed by atoms with Crippen LogP contribution in [0.25, 0.3) is 11.3 Å². The molecule has 0 fully saturated rings. The fraction of sp³-hybridized carbons (Fsp3) is 0.100. The first-order valence-electron chi connectivity index (χ1n) is 8.33. The first-order valence-corrected chi connectivity index (χ1v) is 8.33. The second-order valence-corrected chi connectivity index (χ2v) is 6.38. The molecule has 4 rings (SSSR count). The molecule has 134 valence electrons. The average Bonchev–Trinajstić information content (AvgIpc) is 3.17. The van der Waals surface area contributed by atoms with Crippen LogP contribution in [0, 0.1) is 13.8 Å². The maximum Gasteiger partial charge on any atom is 0.439 e. The van der Waals surface area contributed by atoms with E-state index in [4.69, 9.17) is 4.52 Å². The summed E-state index contributed by atoms with van der Waals surface area (Å²) in [6.07, 6.45) is 1.17. The number of rotatable bonds is 3. The van der Waals surface area contributed by atoms with Crippen LogP contribution in [0.2, 0.25) is 0 Å². The molecule has 7 nitrogen and oxygen atoms in total. The number of fused-ring (bicyclic) bond motifs is 1. The van der Waals surface area contributed by atoms with Gasteiger partial charge in [0.25, 0.3) is 11.7 Å². The largest absolute Gasteiger partial charge is 0.439 e. The maximum absolute atomic E-state index is 12.9. The number of benzene rings is 2. The van der Waals surface area contributed by atoms with E-state index in [1.165, 1.54) is 10.8 Å². The average molecular weight is 362 g/mol. The molecular formula is C20H16N3O4+. The summed E-state index contributed by atoms with van der Waals surface area (Å²) in [4.78, 5) is 37.3. The molecule has 0 saturated heterocycles. The Balaban J connectivity index is 1.83. The summed E-state index contributed by atoms with van der Waals surface area (Å²) in [5.74, 6) is -1.00. The summed E-state index contributed by atoms with van der Waals surface area (Å²) in [6, 6.07) is 12.7. The first kappa shape index (κ1) is 16.7. The van der Waals surface area contributed by atoms with Crippen LogP contribution in [-0.4, -0.2) is 17.0 Å². The van der Waals surface area contributed by atoms with Crippen LogP contribution >= 0.6 is 0 Å². The van der Waals surface area contributed by atoms with E-state index in [9.17, 15) is 14.4 Å². The summed E-state index contributed by atoms with van der Waals surface area (Å²) in [7, 11) is 0. The fourth-order valence-electron chi connectivity index (χ4n) is 3.09. The molecule has 0 unspecified atom stereocenters. The molecule has 2 heterocycles. The van der Waals surface area contributed by atoms with Gasteiger partial charge >= 0.3 is 11.3 Å². The van der Waals surface area contributed by atoms with Crippen molar-refractivity contribution in [1.82, 2.24) is 5.27 Å². The number of para-hydroxylation sites is 1. The van der Waals surface area contributed by atoms with Crippen LogP contribution in [0.1, 0.15) is 27.2 Å². The van der Waals surface area contributed by atoms with E-state index < -0.39 is 11.4 Å². The number of allylic oxidation sites excluding steroid dienone is 1. The van der Waals surface area contributed by atoms with E-state index in [-0.39, 0.29) is 17.2 Å². The van der Waals surface area contributed by atoms with Crippen LogP contribution in [0.4, 0.5) is 5.69 Å². The number of amides is 1. The summed E-state index contributed by atoms with van der Waals surface area (Å²) in [5, 5.41) is 5.17. The lowest BCUT2D eigenvalue weighted by atomic mass is 10.0. The third-order valence-corrected chi connectivity index (χ3v) is 4.47. The molecule has 0 radical (unpaired) electrons. The number of nitrogens with one attached hydrogen (secondary N) is 2. The molecular weight excluding hydrogens is 346 g/mol. The second-order valence-electron chi connectivity index (χ2n) is 6.38. The Kier molecular flexibility index (Phi) is 3.84. The molecule has 27 heavy (non-hydrogen) atoms. The zero-order valence-electron chi connectivity index (χ0n) is 14.7. The number of anilines is 1. The summed E-state index contributed by atoms with van der Waals surface area (Å²) >= 11 is 0. The highest BCUT2D eigenvalue weighted by atomic mass is 16.5. The van der Waals surface area contributed by atoms with Crippen LogP contribution in [0.15, 0.2) is 57.9 Å². The van der Waals surface area contributed by atoms with E-state index >= 15 is 0 Å². The Hall–Kier alpha value is -3.74. The lowest BCUT2D eigenvalue weighted by Gasteiger charge is -1.99. The molecule has 1 aliphatic rings. The van der Waals surface area contributed by atoms with Gasteiger partial charge in [0.15, 0.2) is 0 Å². The van der Waals surface area contributed by atoms with Crippen LogP contribution in [0.3, 0.4) is 0 Å². The predicted octanol–water partition coefficient (Wildman–Crippen LogP) is 2.08. The van der Waals surface area contributed by atoms with Gasteiger partial charge in [-0.05, 0) is 35.4 Å².